The third kappa shape index (κ3) is 4.80. The molecule has 0 bridgehead atoms. The SMILES string of the molecule is CCCCc1cc2c(cc1C=COC(=O)c1ccccc1)C(C)(C)CCC2(C)C. The summed E-state index contributed by atoms with van der Waals surface area (Å²) in [4.78, 5) is 12.2. The average molecular weight is 391 g/mol. The Labute approximate surface area is 176 Å². The lowest BCUT2D eigenvalue weighted by atomic mass is 9.62. The van der Waals surface area contributed by atoms with E-state index in [1.165, 1.54) is 35.1 Å². The molecule has 2 heteroatoms. The van der Waals surface area contributed by atoms with Crippen LogP contribution in [0.5, 0.6) is 0 Å². The normalized spacial score (nSPS) is 17.1. The average Bonchev–Trinajstić information content (AvgIpc) is 2.70. The molecule has 0 aromatic heterocycles. The highest BCUT2D eigenvalue weighted by atomic mass is 16.5. The minimum atomic E-state index is -0.323. The van der Waals surface area contributed by atoms with Gasteiger partial charge in [-0.05, 0) is 77.0 Å². The van der Waals surface area contributed by atoms with Gasteiger partial charge in [-0.3, -0.25) is 0 Å². The molecule has 0 unspecified atom stereocenters. The molecule has 0 saturated heterocycles. The molecule has 0 aliphatic heterocycles. The zero-order chi connectivity index (χ0) is 21.1. The van der Waals surface area contributed by atoms with Crippen molar-refractivity contribution in [1.82, 2.24) is 0 Å². The number of hydrogen-bond acceptors (Lipinski definition) is 2. The van der Waals surface area contributed by atoms with Crippen LogP contribution in [-0.4, -0.2) is 5.97 Å². The summed E-state index contributed by atoms with van der Waals surface area (Å²) in [5.41, 5.74) is 6.37. The Morgan fingerprint density at radius 2 is 1.62 bits per heavy atom. The molecule has 0 saturated carbocycles. The van der Waals surface area contributed by atoms with Crippen LogP contribution in [0.3, 0.4) is 0 Å². The number of esters is 1. The van der Waals surface area contributed by atoms with Gasteiger partial charge in [-0.15, -0.1) is 0 Å². The molecule has 2 nitrogen and oxygen atoms in total. The van der Waals surface area contributed by atoms with Crippen molar-refractivity contribution < 1.29 is 9.53 Å². The fourth-order valence-corrected chi connectivity index (χ4v) is 4.23. The molecule has 2 aromatic rings. The first-order valence-corrected chi connectivity index (χ1v) is 10.8. The summed E-state index contributed by atoms with van der Waals surface area (Å²) >= 11 is 0. The van der Waals surface area contributed by atoms with Gasteiger partial charge in [0.2, 0.25) is 0 Å². The fourth-order valence-electron chi connectivity index (χ4n) is 4.23. The van der Waals surface area contributed by atoms with Gasteiger partial charge in [-0.25, -0.2) is 4.79 Å². The second-order valence-corrected chi connectivity index (χ2v) is 9.54. The van der Waals surface area contributed by atoms with Crippen LogP contribution in [0.25, 0.3) is 6.08 Å². The van der Waals surface area contributed by atoms with Crippen molar-refractivity contribution in [3.05, 3.63) is 76.5 Å². The van der Waals surface area contributed by atoms with Gasteiger partial charge >= 0.3 is 5.97 Å². The van der Waals surface area contributed by atoms with E-state index in [1.807, 2.05) is 24.3 Å². The van der Waals surface area contributed by atoms with Crippen molar-refractivity contribution in [1.29, 1.82) is 0 Å². The van der Waals surface area contributed by atoms with E-state index in [-0.39, 0.29) is 16.8 Å². The monoisotopic (exact) mass is 390 g/mol. The molecule has 0 N–H and O–H groups in total. The van der Waals surface area contributed by atoms with E-state index >= 15 is 0 Å². The predicted molar refractivity (Wildman–Crippen MR) is 121 cm³/mol. The highest BCUT2D eigenvalue weighted by Gasteiger charge is 2.37. The topological polar surface area (TPSA) is 26.3 Å². The summed E-state index contributed by atoms with van der Waals surface area (Å²) in [7, 11) is 0. The maximum atomic E-state index is 12.2. The molecule has 3 rings (SSSR count). The van der Waals surface area contributed by atoms with E-state index in [0.717, 1.165) is 19.3 Å². The zero-order valence-electron chi connectivity index (χ0n) is 18.5. The van der Waals surface area contributed by atoms with Gasteiger partial charge in [0.05, 0.1) is 11.8 Å². The van der Waals surface area contributed by atoms with Crippen LogP contribution < -0.4 is 0 Å². The first-order chi connectivity index (χ1) is 13.7. The lowest BCUT2D eigenvalue weighted by Crippen LogP contribution is -2.34. The molecule has 1 aliphatic carbocycles. The molecular weight excluding hydrogens is 356 g/mol. The number of fused-ring (bicyclic) bond motifs is 1. The van der Waals surface area contributed by atoms with Crippen LogP contribution in [-0.2, 0) is 22.0 Å². The number of unbranched alkanes of at least 4 members (excludes halogenated alkanes) is 1. The number of hydrogen-bond donors (Lipinski definition) is 0. The Bertz CT molecular complexity index is 888. The molecule has 0 amide bonds. The molecule has 0 radical (unpaired) electrons. The van der Waals surface area contributed by atoms with E-state index in [1.54, 1.807) is 18.4 Å². The molecule has 1 aliphatic rings. The Balaban J connectivity index is 1.93. The molecular formula is C27H34O2. The second kappa shape index (κ2) is 8.57. The fraction of sp³-hybridized carbons (Fsp3) is 0.444. The number of carbonyl (C=O) groups is 1. The molecule has 154 valence electrons. The maximum Gasteiger partial charge on any atom is 0.342 e. The summed E-state index contributed by atoms with van der Waals surface area (Å²) < 4.78 is 5.41. The predicted octanol–water partition coefficient (Wildman–Crippen LogP) is 7.21. The number of aryl methyl sites for hydroxylation is 1. The van der Waals surface area contributed by atoms with Crippen molar-refractivity contribution in [3.63, 3.8) is 0 Å². The number of benzene rings is 2. The summed E-state index contributed by atoms with van der Waals surface area (Å²) in [6, 6.07) is 13.9. The van der Waals surface area contributed by atoms with E-state index < -0.39 is 0 Å². The summed E-state index contributed by atoms with van der Waals surface area (Å²) in [5.74, 6) is -0.323. The first-order valence-electron chi connectivity index (χ1n) is 10.8. The van der Waals surface area contributed by atoms with Crippen LogP contribution >= 0.6 is 0 Å². The number of ether oxygens (including phenoxy) is 1. The third-order valence-corrected chi connectivity index (χ3v) is 6.34. The van der Waals surface area contributed by atoms with Gasteiger partial charge in [0, 0.05) is 0 Å². The van der Waals surface area contributed by atoms with E-state index in [2.05, 4.69) is 46.8 Å². The summed E-state index contributed by atoms with van der Waals surface area (Å²) in [5, 5.41) is 0. The quantitative estimate of drug-likeness (QED) is 0.385. The summed E-state index contributed by atoms with van der Waals surface area (Å²) in [6.07, 6.45) is 9.28. The van der Waals surface area contributed by atoms with Crippen LogP contribution in [0.2, 0.25) is 0 Å². The Hall–Kier alpha value is -2.35. The molecule has 0 spiro atoms. The Morgan fingerprint density at radius 1 is 1.00 bits per heavy atom. The Morgan fingerprint density at radius 3 is 2.24 bits per heavy atom. The van der Waals surface area contributed by atoms with Gasteiger partial charge in [-0.1, -0.05) is 71.4 Å². The lowest BCUT2D eigenvalue weighted by Gasteiger charge is -2.42. The van der Waals surface area contributed by atoms with Crippen LogP contribution in [0.1, 0.15) is 92.9 Å². The van der Waals surface area contributed by atoms with E-state index in [4.69, 9.17) is 4.74 Å². The van der Waals surface area contributed by atoms with Gasteiger partial charge in [-0.2, -0.15) is 0 Å². The smallest absolute Gasteiger partial charge is 0.342 e. The number of rotatable bonds is 6. The molecule has 2 aromatic carbocycles. The lowest BCUT2D eigenvalue weighted by molar-refractivity contribution is 0.0665. The highest BCUT2D eigenvalue weighted by molar-refractivity contribution is 5.89. The third-order valence-electron chi connectivity index (χ3n) is 6.34. The first kappa shape index (κ1) is 21.4. The molecule has 29 heavy (non-hydrogen) atoms. The minimum Gasteiger partial charge on any atom is -0.431 e. The van der Waals surface area contributed by atoms with Crippen LogP contribution in [0.4, 0.5) is 0 Å². The van der Waals surface area contributed by atoms with Crippen molar-refractivity contribution in [2.45, 2.75) is 77.6 Å². The largest absolute Gasteiger partial charge is 0.431 e. The van der Waals surface area contributed by atoms with E-state index in [0.29, 0.717) is 5.56 Å². The molecule has 0 atom stereocenters. The van der Waals surface area contributed by atoms with Gasteiger partial charge in [0.1, 0.15) is 0 Å². The minimum absolute atomic E-state index is 0.164. The van der Waals surface area contributed by atoms with Gasteiger partial charge in [0.25, 0.3) is 0 Å². The van der Waals surface area contributed by atoms with Crippen molar-refractivity contribution in [2.75, 3.05) is 0 Å². The Kier molecular flexibility index (Phi) is 6.31. The maximum absolute atomic E-state index is 12.2. The second-order valence-electron chi connectivity index (χ2n) is 9.54. The van der Waals surface area contributed by atoms with E-state index in [9.17, 15) is 4.79 Å². The van der Waals surface area contributed by atoms with Crippen molar-refractivity contribution in [3.8, 4) is 0 Å². The summed E-state index contributed by atoms with van der Waals surface area (Å²) in [6.45, 7) is 11.6. The van der Waals surface area contributed by atoms with Crippen molar-refractivity contribution >= 4 is 12.0 Å². The number of carbonyl (C=O) groups excluding carboxylic acids is 1. The van der Waals surface area contributed by atoms with Crippen LogP contribution in [0.15, 0.2) is 48.7 Å². The standard InChI is InChI=1S/C27H34O2/c1-6-7-11-21-18-23-24(27(4,5)16-15-26(23,2)3)19-22(21)14-17-29-25(28)20-12-9-8-10-13-20/h8-10,12-14,17-19H,6-7,11,15-16H2,1-5H3. The van der Waals surface area contributed by atoms with Crippen molar-refractivity contribution in [2.24, 2.45) is 0 Å². The van der Waals surface area contributed by atoms with Crippen LogP contribution in [0, 0.1) is 0 Å². The highest BCUT2D eigenvalue weighted by Crippen LogP contribution is 2.46. The molecule has 0 fully saturated rings. The van der Waals surface area contributed by atoms with Gasteiger partial charge in [0.15, 0.2) is 0 Å². The van der Waals surface area contributed by atoms with Gasteiger partial charge < -0.3 is 4.74 Å². The molecule has 0 heterocycles. The zero-order valence-corrected chi connectivity index (χ0v) is 18.5.